The number of hydrogen-bond acceptors (Lipinski definition) is 4. The van der Waals surface area contributed by atoms with Gasteiger partial charge in [-0.05, 0) is 41.7 Å². The molecule has 30 heavy (non-hydrogen) atoms. The van der Waals surface area contributed by atoms with E-state index in [1.165, 1.54) is 0 Å². The van der Waals surface area contributed by atoms with Crippen LogP contribution in [0.3, 0.4) is 0 Å². The quantitative estimate of drug-likeness (QED) is 0.469. The van der Waals surface area contributed by atoms with Crippen LogP contribution in [0.25, 0.3) is 11.3 Å². The number of aliphatic carboxylic acids is 1. The molecule has 5 heteroatoms. The second-order valence-corrected chi connectivity index (χ2v) is 7.21. The Hall–Kier alpha value is -3.34. The standard InChI is InChI=1S/C25H27NO4/c1-3-6-20(16-25(27)28)21-7-4-8-22(15-21)30-17-18-11-13-19(14-12-18)23-9-5-10-24(26-23)29-2/h4-5,7-15,20H,3,6,16-17H2,1-2H3,(H,27,28)/t20-/m0/s1. The lowest BCUT2D eigenvalue weighted by atomic mass is 9.91. The van der Waals surface area contributed by atoms with Crippen molar-refractivity contribution < 1.29 is 19.4 Å². The first-order valence-corrected chi connectivity index (χ1v) is 10.1. The molecule has 0 radical (unpaired) electrons. The van der Waals surface area contributed by atoms with E-state index in [1.54, 1.807) is 7.11 Å². The smallest absolute Gasteiger partial charge is 0.303 e. The van der Waals surface area contributed by atoms with E-state index in [1.807, 2.05) is 66.7 Å². The van der Waals surface area contributed by atoms with Crippen molar-refractivity contribution in [3.63, 3.8) is 0 Å². The van der Waals surface area contributed by atoms with Crippen molar-refractivity contribution in [2.75, 3.05) is 7.11 Å². The highest BCUT2D eigenvalue weighted by Crippen LogP contribution is 2.28. The van der Waals surface area contributed by atoms with Gasteiger partial charge in [0.25, 0.3) is 0 Å². The number of hydrogen-bond donors (Lipinski definition) is 1. The van der Waals surface area contributed by atoms with E-state index in [9.17, 15) is 9.90 Å². The second kappa shape index (κ2) is 10.4. The van der Waals surface area contributed by atoms with Gasteiger partial charge in [0.1, 0.15) is 12.4 Å². The zero-order valence-corrected chi connectivity index (χ0v) is 17.4. The van der Waals surface area contributed by atoms with Crippen LogP contribution in [0.5, 0.6) is 11.6 Å². The molecule has 0 saturated carbocycles. The number of carboxylic acid groups (broad SMARTS) is 1. The van der Waals surface area contributed by atoms with Crippen LogP contribution in [0, 0.1) is 0 Å². The molecule has 1 heterocycles. The Balaban J connectivity index is 1.66. The number of carboxylic acids is 1. The van der Waals surface area contributed by atoms with Gasteiger partial charge in [-0.25, -0.2) is 4.98 Å². The molecule has 0 amide bonds. The van der Waals surface area contributed by atoms with Crippen LogP contribution in [0.15, 0.2) is 66.7 Å². The Morgan fingerprint density at radius 3 is 2.53 bits per heavy atom. The molecule has 0 spiro atoms. The molecule has 3 aromatic rings. The average molecular weight is 405 g/mol. The van der Waals surface area contributed by atoms with Crippen LogP contribution in [-0.4, -0.2) is 23.2 Å². The van der Waals surface area contributed by atoms with E-state index in [0.29, 0.717) is 12.5 Å². The highest BCUT2D eigenvalue weighted by Gasteiger charge is 2.15. The Morgan fingerprint density at radius 1 is 1.07 bits per heavy atom. The normalized spacial score (nSPS) is 11.7. The molecule has 2 aromatic carbocycles. The largest absolute Gasteiger partial charge is 0.489 e. The minimum absolute atomic E-state index is 0.00528. The van der Waals surface area contributed by atoms with E-state index in [0.717, 1.165) is 41.0 Å². The van der Waals surface area contributed by atoms with Gasteiger partial charge in [0.05, 0.1) is 19.2 Å². The van der Waals surface area contributed by atoms with Gasteiger partial charge in [0, 0.05) is 11.6 Å². The van der Waals surface area contributed by atoms with E-state index in [2.05, 4.69) is 11.9 Å². The van der Waals surface area contributed by atoms with Gasteiger partial charge in [-0.15, -0.1) is 0 Å². The Kier molecular flexibility index (Phi) is 7.44. The van der Waals surface area contributed by atoms with Gasteiger partial charge in [-0.2, -0.15) is 0 Å². The fourth-order valence-corrected chi connectivity index (χ4v) is 3.43. The topological polar surface area (TPSA) is 68.7 Å². The molecule has 156 valence electrons. The number of nitrogens with zero attached hydrogens (tertiary/aromatic N) is 1. The molecule has 1 N–H and O–H groups in total. The SMILES string of the molecule is CCC[C@@H](CC(=O)O)c1cccc(OCc2ccc(-c3cccc(OC)n3)cc2)c1. The van der Waals surface area contributed by atoms with E-state index in [-0.39, 0.29) is 12.3 Å². The van der Waals surface area contributed by atoms with Crippen molar-refractivity contribution >= 4 is 5.97 Å². The maximum Gasteiger partial charge on any atom is 0.303 e. The first-order chi connectivity index (χ1) is 14.6. The van der Waals surface area contributed by atoms with Crippen molar-refractivity contribution in [2.24, 2.45) is 0 Å². The molecule has 0 aliphatic rings. The lowest BCUT2D eigenvalue weighted by molar-refractivity contribution is -0.137. The van der Waals surface area contributed by atoms with Gasteiger partial charge < -0.3 is 14.6 Å². The van der Waals surface area contributed by atoms with E-state index >= 15 is 0 Å². The minimum Gasteiger partial charge on any atom is -0.489 e. The van der Waals surface area contributed by atoms with Crippen LogP contribution in [0.2, 0.25) is 0 Å². The number of benzene rings is 2. The van der Waals surface area contributed by atoms with Gasteiger partial charge in [-0.1, -0.05) is 55.8 Å². The lowest BCUT2D eigenvalue weighted by Gasteiger charge is -2.16. The van der Waals surface area contributed by atoms with Crippen LogP contribution >= 0.6 is 0 Å². The van der Waals surface area contributed by atoms with Crippen LogP contribution < -0.4 is 9.47 Å². The molecule has 1 aromatic heterocycles. The van der Waals surface area contributed by atoms with Crippen LogP contribution in [0.1, 0.15) is 43.2 Å². The summed E-state index contributed by atoms with van der Waals surface area (Å²) in [7, 11) is 1.60. The highest BCUT2D eigenvalue weighted by atomic mass is 16.5. The van der Waals surface area contributed by atoms with Gasteiger partial charge in [0.2, 0.25) is 5.88 Å². The number of ether oxygens (including phenoxy) is 2. The van der Waals surface area contributed by atoms with Crippen LogP contribution in [0.4, 0.5) is 0 Å². The van der Waals surface area contributed by atoms with Gasteiger partial charge >= 0.3 is 5.97 Å². The third-order valence-electron chi connectivity index (χ3n) is 4.98. The number of methoxy groups -OCH3 is 1. The third-order valence-corrected chi connectivity index (χ3v) is 4.98. The predicted molar refractivity (Wildman–Crippen MR) is 117 cm³/mol. The fraction of sp³-hybridized carbons (Fsp3) is 0.280. The van der Waals surface area contributed by atoms with Gasteiger partial charge in [0.15, 0.2) is 0 Å². The summed E-state index contributed by atoms with van der Waals surface area (Å²) in [4.78, 5) is 15.6. The number of pyridine rings is 1. The summed E-state index contributed by atoms with van der Waals surface area (Å²) in [6.07, 6.45) is 1.92. The fourth-order valence-electron chi connectivity index (χ4n) is 3.43. The predicted octanol–water partition coefficient (Wildman–Crippen LogP) is 5.69. The van der Waals surface area contributed by atoms with Crippen molar-refractivity contribution in [1.29, 1.82) is 0 Å². The molecular formula is C25H27NO4. The van der Waals surface area contributed by atoms with Crippen LogP contribution in [-0.2, 0) is 11.4 Å². The number of rotatable bonds is 10. The van der Waals surface area contributed by atoms with Crippen molar-refractivity contribution in [2.45, 2.75) is 38.7 Å². The molecule has 0 unspecified atom stereocenters. The molecule has 3 rings (SSSR count). The molecular weight excluding hydrogens is 378 g/mol. The summed E-state index contributed by atoms with van der Waals surface area (Å²) in [5.41, 5.74) is 3.92. The Bertz CT molecular complexity index is 969. The summed E-state index contributed by atoms with van der Waals surface area (Å²) < 4.78 is 11.2. The molecule has 5 nitrogen and oxygen atoms in total. The summed E-state index contributed by atoms with van der Waals surface area (Å²) in [6.45, 7) is 2.51. The molecule has 0 bridgehead atoms. The van der Waals surface area contributed by atoms with Gasteiger partial charge in [-0.3, -0.25) is 4.79 Å². The monoisotopic (exact) mass is 405 g/mol. The zero-order chi connectivity index (χ0) is 21.3. The first-order valence-electron chi connectivity index (χ1n) is 10.1. The Morgan fingerprint density at radius 2 is 1.83 bits per heavy atom. The van der Waals surface area contributed by atoms with Crippen molar-refractivity contribution in [1.82, 2.24) is 4.98 Å². The molecule has 1 atom stereocenters. The number of aromatic nitrogens is 1. The lowest BCUT2D eigenvalue weighted by Crippen LogP contribution is -2.06. The minimum atomic E-state index is -0.773. The first kappa shape index (κ1) is 21.4. The van der Waals surface area contributed by atoms with Crippen molar-refractivity contribution in [3.8, 4) is 22.9 Å². The maximum absolute atomic E-state index is 11.2. The van der Waals surface area contributed by atoms with E-state index < -0.39 is 5.97 Å². The average Bonchev–Trinajstić information content (AvgIpc) is 2.78. The molecule has 0 fully saturated rings. The third kappa shape index (κ3) is 5.83. The molecule has 0 saturated heterocycles. The summed E-state index contributed by atoms with van der Waals surface area (Å²) in [5.74, 6) is 0.567. The summed E-state index contributed by atoms with van der Waals surface area (Å²) in [5, 5.41) is 9.18. The summed E-state index contributed by atoms with van der Waals surface area (Å²) in [6, 6.07) is 21.5. The second-order valence-electron chi connectivity index (χ2n) is 7.21. The highest BCUT2D eigenvalue weighted by molar-refractivity contribution is 5.68. The summed E-state index contributed by atoms with van der Waals surface area (Å²) >= 11 is 0. The zero-order valence-electron chi connectivity index (χ0n) is 17.4. The molecule has 0 aliphatic carbocycles. The molecule has 0 aliphatic heterocycles. The van der Waals surface area contributed by atoms with E-state index in [4.69, 9.17) is 9.47 Å². The number of carbonyl (C=O) groups is 1. The van der Waals surface area contributed by atoms with Crippen molar-refractivity contribution in [3.05, 3.63) is 77.9 Å². The Labute approximate surface area is 177 Å². The maximum atomic E-state index is 11.2.